The van der Waals surface area contributed by atoms with Gasteiger partial charge in [0.05, 0.1) is 0 Å². The summed E-state index contributed by atoms with van der Waals surface area (Å²) in [6, 6.07) is 13.0. The Morgan fingerprint density at radius 3 is 2.55 bits per heavy atom. The standard InChI is InChI=1S/C17H19NO2/c1-12-5-3-4-6-14(12)9-10-18-17(20)15-7-8-16(19)13(2)11-15/h3-8,11,19H,9-10H2,1-2H3,(H,18,20). The largest absolute Gasteiger partial charge is 0.508 e. The lowest BCUT2D eigenvalue weighted by molar-refractivity contribution is 0.0954. The van der Waals surface area contributed by atoms with Crippen LogP contribution in [0.2, 0.25) is 0 Å². The number of nitrogens with one attached hydrogen (secondary N) is 1. The lowest BCUT2D eigenvalue weighted by atomic mass is 10.1. The number of aryl methyl sites for hydroxylation is 2. The van der Waals surface area contributed by atoms with Crippen molar-refractivity contribution in [2.75, 3.05) is 6.54 Å². The second-order valence-corrected chi connectivity index (χ2v) is 4.93. The minimum Gasteiger partial charge on any atom is -0.508 e. The molecular formula is C17H19NO2. The summed E-state index contributed by atoms with van der Waals surface area (Å²) >= 11 is 0. The summed E-state index contributed by atoms with van der Waals surface area (Å²) in [5, 5.41) is 12.3. The molecule has 2 rings (SSSR count). The molecule has 0 aliphatic carbocycles. The van der Waals surface area contributed by atoms with Crippen molar-refractivity contribution in [2.24, 2.45) is 0 Å². The molecule has 0 fully saturated rings. The third-order valence-corrected chi connectivity index (χ3v) is 3.40. The van der Waals surface area contributed by atoms with Crippen molar-refractivity contribution in [2.45, 2.75) is 20.3 Å². The first kappa shape index (κ1) is 14.1. The Balaban J connectivity index is 1.92. The fourth-order valence-electron chi connectivity index (χ4n) is 2.10. The van der Waals surface area contributed by atoms with Gasteiger partial charge in [-0.2, -0.15) is 0 Å². The minimum atomic E-state index is -0.110. The average molecular weight is 269 g/mol. The van der Waals surface area contributed by atoms with Crippen molar-refractivity contribution >= 4 is 5.91 Å². The maximum Gasteiger partial charge on any atom is 0.251 e. The molecule has 0 atom stereocenters. The van der Waals surface area contributed by atoms with E-state index in [4.69, 9.17) is 0 Å². The van der Waals surface area contributed by atoms with Crippen molar-refractivity contribution in [1.82, 2.24) is 5.32 Å². The van der Waals surface area contributed by atoms with E-state index in [1.807, 2.05) is 12.1 Å². The van der Waals surface area contributed by atoms with Crippen LogP contribution in [0.25, 0.3) is 0 Å². The number of phenolic OH excluding ortho intramolecular Hbond substituents is 1. The molecule has 0 aliphatic heterocycles. The number of hydrogen-bond donors (Lipinski definition) is 2. The quantitative estimate of drug-likeness (QED) is 0.896. The van der Waals surface area contributed by atoms with E-state index in [0.29, 0.717) is 17.7 Å². The summed E-state index contributed by atoms with van der Waals surface area (Å²) < 4.78 is 0. The van der Waals surface area contributed by atoms with E-state index in [-0.39, 0.29) is 11.7 Å². The molecule has 0 aromatic heterocycles. The molecule has 3 heteroatoms. The van der Waals surface area contributed by atoms with E-state index >= 15 is 0 Å². The van der Waals surface area contributed by atoms with Crippen LogP contribution in [-0.2, 0) is 6.42 Å². The van der Waals surface area contributed by atoms with Gasteiger partial charge in [0.1, 0.15) is 5.75 Å². The van der Waals surface area contributed by atoms with E-state index in [1.54, 1.807) is 25.1 Å². The van der Waals surface area contributed by atoms with Gasteiger partial charge in [0.15, 0.2) is 0 Å². The predicted octanol–water partition coefficient (Wildman–Crippen LogP) is 2.98. The van der Waals surface area contributed by atoms with Gasteiger partial charge in [-0.05, 0) is 55.2 Å². The van der Waals surface area contributed by atoms with Crippen LogP contribution in [0.5, 0.6) is 5.75 Å². The number of rotatable bonds is 4. The molecule has 20 heavy (non-hydrogen) atoms. The molecule has 2 aromatic carbocycles. The second-order valence-electron chi connectivity index (χ2n) is 4.93. The van der Waals surface area contributed by atoms with Crippen molar-refractivity contribution < 1.29 is 9.90 Å². The van der Waals surface area contributed by atoms with Crippen LogP contribution in [-0.4, -0.2) is 17.6 Å². The normalized spacial score (nSPS) is 10.3. The molecule has 104 valence electrons. The fourth-order valence-corrected chi connectivity index (χ4v) is 2.10. The smallest absolute Gasteiger partial charge is 0.251 e. The SMILES string of the molecule is Cc1cc(C(=O)NCCc2ccccc2C)ccc1O. The van der Waals surface area contributed by atoms with Crippen LogP contribution in [0, 0.1) is 13.8 Å². The number of carbonyl (C=O) groups is 1. The van der Waals surface area contributed by atoms with Gasteiger partial charge in [0.25, 0.3) is 5.91 Å². The molecule has 3 nitrogen and oxygen atoms in total. The summed E-state index contributed by atoms with van der Waals surface area (Å²) in [7, 11) is 0. The Morgan fingerprint density at radius 2 is 1.85 bits per heavy atom. The number of amides is 1. The Labute approximate surface area is 119 Å². The molecule has 0 saturated carbocycles. The van der Waals surface area contributed by atoms with E-state index < -0.39 is 0 Å². The Morgan fingerprint density at radius 1 is 1.10 bits per heavy atom. The third-order valence-electron chi connectivity index (χ3n) is 3.40. The Bertz CT molecular complexity index is 620. The van der Waals surface area contributed by atoms with Gasteiger partial charge in [0.2, 0.25) is 0 Å². The molecule has 0 radical (unpaired) electrons. The summed E-state index contributed by atoms with van der Waals surface area (Å²) in [6.07, 6.45) is 0.815. The predicted molar refractivity (Wildman–Crippen MR) is 80.1 cm³/mol. The lowest BCUT2D eigenvalue weighted by Gasteiger charge is -2.08. The van der Waals surface area contributed by atoms with Gasteiger partial charge in [-0.1, -0.05) is 24.3 Å². The van der Waals surface area contributed by atoms with Gasteiger partial charge in [0, 0.05) is 12.1 Å². The highest BCUT2D eigenvalue weighted by molar-refractivity contribution is 5.94. The van der Waals surface area contributed by atoms with Crippen LogP contribution in [0.15, 0.2) is 42.5 Å². The Kier molecular flexibility index (Phi) is 4.41. The first-order chi connectivity index (χ1) is 9.58. The summed E-state index contributed by atoms with van der Waals surface area (Å²) in [5.74, 6) is 0.100. The van der Waals surface area contributed by atoms with Gasteiger partial charge >= 0.3 is 0 Å². The second kappa shape index (κ2) is 6.24. The van der Waals surface area contributed by atoms with Gasteiger partial charge in [-0.25, -0.2) is 0 Å². The molecule has 0 unspecified atom stereocenters. The summed E-state index contributed by atoms with van der Waals surface area (Å²) in [4.78, 5) is 12.0. The van der Waals surface area contributed by atoms with Crippen LogP contribution < -0.4 is 5.32 Å². The molecule has 0 aliphatic rings. The van der Waals surface area contributed by atoms with Gasteiger partial charge < -0.3 is 10.4 Å². The number of hydrogen-bond acceptors (Lipinski definition) is 2. The maximum atomic E-state index is 12.0. The average Bonchev–Trinajstić information content (AvgIpc) is 2.44. The third kappa shape index (κ3) is 3.38. The monoisotopic (exact) mass is 269 g/mol. The lowest BCUT2D eigenvalue weighted by Crippen LogP contribution is -2.25. The van der Waals surface area contributed by atoms with E-state index in [1.165, 1.54) is 11.1 Å². The summed E-state index contributed by atoms with van der Waals surface area (Å²) in [5.41, 5.74) is 3.76. The molecule has 2 aromatic rings. The summed E-state index contributed by atoms with van der Waals surface area (Å²) in [6.45, 7) is 4.45. The molecular weight excluding hydrogens is 250 g/mol. The zero-order valence-corrected chi connectivity index (χ0v) is 11.8. The molecule has 0 heterocycles. The molecule has 0 saturated heterocycles. The van der Waals surface area contributed by atoms with Crippen molar-refractivity contribution in [3.8, 4) is 5.75 Å². The highest BCUT2D eigenvalue weighted by atomic mass is 16.3. The molecule has 0 bridgehead atoms. The highest BCUT2D eigenvalue weighted by Gasteiger charge is 2.07. The maximum absolute atomic E-state index is 12.0. The van der Waals surface area contributed by atoms with E-state index in [2.05, 4.69) is 24.4 Å². The van der Waals surface area contributed by atoms with E-state index in [9.17, 15) is 9.90 Å². The number of aromatic hydroxyl groups is 1. The number of carbonyl (C=O) groups excluding carboxylic acids is 1. The fraction of sp³-hybridized carbons (Fsp3) is 0.235. The van der Waals surface area contributed by atoms with Crippen LogP contribution in [0.3, 0.4) is 0 Å². The van der Waals surface area contributed by atoms with Crippen molar-refractivity contribution in [1.29, 1.82) is 0 Å². The van der Waals surface area contributed by atoms with Crippen molar-refractivity contribution in [3.63, 3.8) is 0 Å². The number of phenols is 1. The zero-order valence-electron chi connectivity index (χ0n) is 11.8. The van der Waals surface area contributed by atoms with Gasteiger partial charge in [-0.3, -0.25) is 4.79 Å². The van der Waals surface area contributed by atoms with Crippen LogP contribution >= 0.6 is 0 Å². The first-order valence-electron chi connectivity index (χ1n) is 6.70. The van der Waals surface area contributed by atoms with Gasteiger partial charge in [-0.15, -0.1) is 0 Å². The molecule has 0 spiro atoms. The first-order valence-corrected chi connectivity index (χ1v) is 6.70. The van der Waals surface area contributed by atoms with E-state index in [0.717, 1.165) is 6.42 Å². The highest BCUT2D eigenvalue weighted by Crippen LogP contribution is 2.16. The van der Waals surface area contributed by atoms with Crippen LogP contribution in [0.4, 0.5) is 0 Å². The zero-order chi connectivity index (χ0) is 14.5. The Hall–Kier alpha value is -2.29. The number of benzene rings is 2. The topological polar surface area (TPSA) is 49.3 Å². The molecule has 2 N–H and O–H groups in total. The minimum absolute atomic E-state index is 0.110. The van der Waals surface area contributed by atoms with Crippen molar-refractivity contribution in [3.05, 3.63) is 64.7 Å². The molecule has 1 amide bonds. The van der Waals surface area contributed by atoms with Crippen LogP contribution in [0.1, 0.15) is 27.0 Å².